The smallest absolute Gasteiger partial charge is 0.277 e. The minimum Gasteiger partial charge on any atom is -0.302 e. The highest BCUT2D eigenvalue weighted by atomic mass is 32.2. The van der Waals surface area contributed by atoms with Crippen molar-refractivity contribution in [1.29, 1.82) is 0 Å². The minimum atomic E-state index is -2.34. The quantitative estimate of drug-likeness (QED) is 0.877. The second kappa shape index (κ2) is 5.57. The molecule has 0 aliphatic heterocycles. The number of nitrogens with zero attached hydrogens (tertiary/aromatic N) is 2. The van der Waals surface area contributed by atoms with E-state index in [0.29, 0.717) is 16.8 Å². The summed E-state index contributed by atoms with van der Waals surface area (Å²) in [6.45, 7) is 3.60. The number of ketones is 1. The van der Waals surface area contributed by atoms with Crippen molar-refractivity contribution in [2.24, 2.45) is 11.4 Å². The van der Waals surface area contributed by atoms with E-state index >= 15 is 0 Å². The lowest BCUT2D eigenvalue weighted by Gasteiger charge is -2.10. The highest BCUT2D eigenvalue weighted by Gasteiger charge is 2.19. The van der Waals surface area contributed by atoms with Gasteiger partial charge in [-0.25, -0.2) is 4.21 Å². The van der Waals surface area contributed by atoms with Crippen molar-refractivity contribution in [2.75, 3.05) is 12.5 Å². The fraction of sp³-hybridized carbons (Fsp3) is 0.333. The Kier molecular flexibility index (Phi) is 4.10. The molecule has 2 aromatic rings. The Hall–Kier alpha value is -2.15. The van der Waals surface area contributed by atoms with Crippen LogP contribution in [0.25, 0.3) is 0 Å². The number of carbonyl (C=O) groups is 1. The van der Waals surface area contributed by atoms with Gasteiger partial charge in [-0.15, -0.1) is 0 Å². The fourth-order valence-corrected chi connectivity index (χ4v) is 2.93. The van der Waals surface area contributed by atoms with E-state index in [1.807, 2.05) is 6.92 Å². The molecule has 1 aromatic heterocycles. The topological polar surface area (TPSA) is 84.3 Å². The molecule has 7 heteroatoms. The van der Waals surface area contributed by atoms with Gasteiger partial charge < -0.3 is 5.10 Å². The maximum Gasteiger partial charge on any atom is 0.277 e. The summed E-state index contributed by atoms with van der Waals surface area (Å²) in [7, 11) is -0.795. The van der Waals surface area contributed by atoms with Gasteiger partial charge in [0.15, 0.2) is 0 Å². The molecule has 2 rings (SSSR count). The summed E-state index contributed by atoms with van der Waals surface area (Å²) in [5.41, 5.74) is 2.11. The first-order chi connectivity index (χ1) is 10.1. The van der Waals surface area contributed by atoms with Crippen molar-refractivity contribution in [3.63, 3.8) is 0 Å². The normalized spacial score (nSPS) is 11.5. The van der Waals surface area contributed by atoms with Crippen molar-refractivity contribution in [3.05, 3.63) is 50.9 Å². The van der Waals surface area contributed by atoms with Gasteiger partial charge in [0.1, 0.15) is 5.56 Å². The summed E-state index contributed by atoms with van der Waals surface area (Å²) in [5.74, 6) is -0.366. The molecule has 0 spiro atoms. The first-order valence-corrected chi connectivity index (χ1v) is 9.01. The molecule has 0 fully saturated rings. The third kappa shape index (κ3) is 3.04. The molecule has 0 saturated heterocycles. The number of carbonyl (C=O) groups excluding carboxylic acids is 1. The lowest BCUT2D eigenvalue weighted by Crippen LogP contribution is -2.19. The molecule has 0 aliphatic rings. The van der Waals surface area contributed by atoms with Crippen LogP contribution in [0.3, 0.4) is 0 Å². The molecule has 22 heavy (non-hydrogen) atoms. The van der Waals surface area contributed by atoms with Crippen molar-refractivity contribution in [2.45, 2.75) is 13.8 Å². The maximum atomic E-state index is 12.6. The van der Waals surface area contributed by atoms with Crippen molar-refractivity contribution < 1.29 is 9.00 Å². The van der Waals surface area contributed by atoms with Gasteiger partial charge in [0.2, 0.25) is 5.78 Å². The molecular weight excluding hydrogens is 302 g/mol. The summed E-state index contributed by atoms with van der Waals surface area (Å²) in [4.78, 5) is 24.5. The highest BCUT2D eigenvalue weighted by molar-refractivity contribution is 7.92. The van der Waals surface area contributed by atoms with E-state index in [9.17, 15) is 13.8 Å². The molecule has 1 aromatic carbocycles. The average Bonchev–Trinajstić information content (AvgIpc) is 2.73. The Morgan fingerprint density at radius 3 is 2.36 bits per heavy atom. The molecule has 0 saturated carbocycles. The van der Waals surface area contributed by atoms with E-state index in [1.165, 1.54) is 10.9 Å². The Balaban J connectivity index is 2.66. The molecule has 1 N–H and O–H groups in total. The van der Waals surface area contributed by atoms with Crippen LogP contribution in [0.4, 0.5) is 5.69 Å². The fourth-order valence-electron chi connectivity index (χ4n) is 2.21. The summed E-state index contributed by atoms with van der Waals surface area (Å²) in [6, 6.07) is 3.42. The second-order valence-corrected chi connectivity index (χ2v) is 8.10. The van der Waals surface area contributed by atoms with Crippen LogP contribution in [0.5, 0.6) is 0 Å². The van der Waals surface area contributed by atoms with Gasteiger partial charge in [0.25, 0.3) is 5.56 Å². The molecule has 0 atom stereocenters. The number of H-pyrrole nitrogens is 1. The predicted molar refractivity (Wildman–Crippen MR) is 87.5 cm³/mol. The number of aromatic nitrogens is 2. The third-order valence-electron chi connectivity index (χ3n) is 3.37. The number of hydrogen-bond donors (Lipinski definition) is 1. The molecule has 0 bridgehead atoms. The van der Waals surface area contributed by atoms with E-state index in [2.05, 4.69) is 9.46 Å². The summed E-state index contributed by atoms with van der Waals surface area (Å²) in [6.07, 6.45) is 4.48. The molecule has 6 nitrogen and oxygen atoms in total. The zero-order valence-corrected chi connectivity index (χ0v) is 14.1. The first-order valence-electron chi connectivity index (χ1n) is 6.68. The van der Waals surface area contributed by atoms with E-state index in [1.54, 1.807) is 38.6 Å². The van der Waals surface area contributed by atoms with Crippen LogP contribution in [0.15, 0.2) is 27.5 Å². The van der Waals surface area contributed by atoms with Crippen molar-refractivity contribution in [1.82, 2.24) is 9.78 Å². The van der Waals surface area contributed by atoms with Crippen molar-refractivity contribution >= 4 is 21.2 Å². The van der Waals surface area contributed by atoms with E-state index in [-0.39, 0.29) is 16.9 Å². The monoisotopic (exact) mass is 321 g/mol. The highest BCUT2D eigenvalue weighted by Crippen LogP contribution is 2.28. The van der Waals surface area contributed by atoms with Crippen LogP contribution in [-0.4, -0.2) is 32.3 Å². The number of nitrogens with one attached hydrogen (secondary N) is 1. The summed E-state index contributed by atoms with van der Waals surface area (Å²) >= 11 is 0. The number of hydrogen-bond acceptors (Lipinski definition) is 4. The molecule has 0 unspecified atom stereocenters. The average molecular weight is 321 g/mol. The molecule has 0 amide bonds. The molecule has 1 heterocycles. The molecule has 0 aliphatic carbocycles. The second-order valence-electron chi connectivity index (χ2n) is 5.56. The predicted octanol–water partition coefficient (Wildman–Crippen LogP) is 1.92. The van der Waals surface area contributed by atoms with Gasteiger partial charge in [0.05, 0.1) is 5.69 Å². The Bertz CT molecular complexity index is 920. The standard InChI is InChI=1S/C15H19N3O3S/c1-9-6-7-11(10(2)13(9)17-22(4,5)21)14(19)12-8-16-18(3)15(12)20/h6-8,16H,1-5H3. The van der Waals surface area contributed by atoms with Crippen LogP contribution >= 0.6 is 0 Å². The maximum absolute atomic E-state index is 12.6. The zero-order valence-electron chi connectivity index (χ0n) is 13.3. The van der Waals surface area contributed by atoms with E-state index in [4.69, 9.17) is 0 Å². The van der Waals surface area contributed by atoms with Crippen LogP contribution in [-0.2, 0) is 16.8 Å². The lowest BCUT2D eigenvalue weighted by molar-refractivity contribution is 0.103. The molecular formula is C15H19N3O3S. The lowest BCUT2D eigenvalue weighted by atomic mass is 9.97. The van der Waals surface area contributed by atoms with Crippen LogP contribution in [0.2, 0.25) is 0 Å². The Morgan fingerprint density at radius 2 is 1.86 bits per heavy atom. The van der Waals surface area contributed by atoms with Crippen molar-refractivity contribution in [3.8, 4) is 0 Å². The molecule has 0 radical (unpaired) electrons. The largest absolute Gasteiger partial charge is 0.302 e. The van der Waals surface area contributed by atoms with Crippen LogP contribution in [0.1, 0.15) is 27.0 Å². The van der Waals surface area contributed by atoms with E-state index < -0.39 is 9.73 Å². The minimum absolute atomic E-state index is 0.0779. The summed E-state index contributed by atoms with van der Waals surface area (Å²) < 4.78 is 17.4. The zero-order chi connectivity index (χ0) is 16.7. The van der Waals surface area contributed by atoms with Gasteiger partial charge in [-0.3, -0.25) is 14.3 Å². The Labute approximate surface area is 129 Å². The number of benzene rings is 1. The number of rotatable bonds is 3. The molecule has 118 valence electrons. The van der Waals surface area contributed by atoms with Gasteiger partial charge in [-0.2, -0.15) is 4.36 Å². The van der Waals surface area contributed by atoms with Gasteiger partial charge in [-0.05, 0) is 25.0 Å². The van der Waals surface area contributed by atoms with Gasteiger partial charge >= 0.3 is 0 Å². The Morgan fingerprint density at radius 1 is 1.23 bits per heavy atom. The van der Waals surface area contributed by atoms with Gasteiger partial charge in [-0.1, -0.05) is 12.1 Å². The third-order valence-corrected chi connectivity index (χ3v) is 3.99. The number of aryl methyl sites for hydroxylation is 2. The van der Waals surface area contributed by atoms with Crippen LogP contribution in [0, 0.1) is 13.8 Å². The summed E-state index contributed by atoms with van der Waals surface area (Å²) in [5, 5.41) is 2.69. The van der Waals surface area contributed by atoms with Crippen LogP contribution < -0.4 is 5.56 Å². The number of aromatic amines is 1. The van der Waals surface area contributed by atoms with Gasteiger partial charge in [0, 0.05) is 41.0 Å². The van der Waals surface area contributed by atoms with E-state index in [0.717, 1.165) is 5.56 Å². The SMILES string of the molecule is Cc1ccc(C(=O)c2c[nH]n(C)c2=O)c(C)c1N=S(C)(C)=O. The first kappa shape index (κ1) is 16.2.